The SMILES string of the molecule is NC(CC1(COc2cccc3ccccc23)CC1)=NO. The lowest BCUT2D eigenvalue weighted by atomic mass is 10.0. The van der Waals surface area contributed by atoms with Gasteiger partial charge in [-0.1, -0.05) is 41.6 Å². The molecule has 1 saturated carbocycles. The van der Waals surface area contributed by atoms with Gasteiger partial charge in [-0.15, -0.1) is 0 Å². The van der Waals surface area contributed by atoms with Crippen LogP contribution in [0.1, 0.15) is 19.3 Å². The Morgan fingerprint density at radius 1 is 1.20 bits per heavy atom. The molecule has 4 nitrogen and oxygen atoms in total. The molecule has 0 aliphatic heterocycles. The predicted molar refractivity (Wildman–Crippen MR) is 79.1 cm³/mol. The summed E-state index contributed by atoms with van der Waals surface area (Å²) in [6, 6.07) is 14.2. The van der Waals surface area contributed by atoms with E-state index in [9.17, 15) is 0 Å². The normalized spacial score (nSPS) is 17.1. The Morgan fingerprint density at radius 3 is 2.70 bits per heavy atom. The fourth-order valence-electron chi connectivity index (χ4n) is 2.52. The largest absolute Gasteiger partial charge is 0.492 e. The number of ether oxygens (including phenoxy) is 1. The van der Waals surface area contributed by atoms with Crippen LogP contribution in [0, 0.1) is 5.41 Å². The smallest absolute Gasteiger partial charge is 0.139 e. The van der Waals surface area contributed by atoms with Crippen molar-refractivity contribution in [3.8, 4) is 5.75 Å². The summed E-state index contributed by atoms with van der Waals surface area (Å²) in [6.45, 7) is 0.608. The molecule has 0 spiro atoms. The van der Waals surface area contributed by atoms with Crippen LogP contribution >= 0.6 is 0 Å². The standard InChI is InChI=1S/C16H18N2O2/c17-15(18-19)10-16(8-9-16)11-20-14-7-3-5-12-4-1-2-6-13(12)14/h1-7,19H,8-11H2,(H2,17,18). The number of hydrogen-bond acceptors (Lipinski definition) is 3. The van der Waals surface area contributed by atoms with Gasteiger partial charge in [-0.05, 0) is 24.3 Å². The fraction of sp³-hybridized carbons (Fsp3) is 0.312. The zero-order valence-electron chi connectivity index (χ0n) is 11.2. The van der Waals surface area contributed by atoms with Gasteiger partial charge in [0.25, 0.3) is 0 Å². The van der Waals surface area contributed by atoms with Crippen LogP contribution in [0.15, 0.2) is 47.6 Å². The fourth-order valence-corrected chi connectivity index (χ4v) is 2.52. The Morgan fingerprint density at radius 2 is 1.95 bits per heavy atom. The maximum Gasteiger partial charge on any atom is 0.139 e. The maximum atomic E-state index is 8.67. The average molecular weight is 270 g/mol. The Balaban J connectivity index is 1.75. The van der Waals surface area contributed by atoms with E-state index in [0.29, 0.717) is 13.0 Å². The van der Waals surface area contributed by atoms with Crippen molar-refractivity contribution < 1.29 is 9.94 Å². The molecule has 0 atom stereocenters. The van der Waals surface area contributed by atoms with Crippen molar-refractivity contribution in [2.45, 2.75) is 19.3 Å². The van der Waals surface area contributed by atoms with Crippen LogP contribution in [0.5, 0.6) is 5.75 Å². The molecule has 3 rings (SSSR count). The van der Waals surface area contributed by atoms with Gasteiger partial charge in [0.15, 0.2) is 0 Å². The van der Waals surface area contributed by atoms with Crippen LogP contribution in [-0.4, -0.2) is 17.6 Å². The molecule has 3 N–H and O–H groups in total. The Kier molecular flexibility index (Phi) is 3.22. The summed E-state index contributed by atoms with van der Waals surface area (Å²) in [5, 5.41) is 14.0. The molecule has 0 aromatic heterocycles. The zero-order valence-corrected chi connectivity index (χ0v) is 11.2. The van der Waals surface area contributed by atoms with E-state index < -0.39 is 0 Å². The lowest BCUT2D eigenvalue weighted by Crippen LogP contribution is -2.22. The minimum atomic E-state index is 0.0489. The molecule has 0 saturated heterocycles. The summed E-state index contributed by atoms with van der Waals surface area (Å²) in [5.74, 6) is 1.18. The van der Waals surface area contributed by atoms with Crippen molar-refractivity contribution in [3.63, 3.8) is 0 Å². The summed E-state index contributed by atoms with van der Waals surface area (Å²) in [4.78, 5) is 0. The molecule has 1 aliphatic carbocycles. The molecule has 1 fully saturated rings. The van der Waals surface area contributed by atoms with E-state index in [0.717, 1.165) is 24.0 Å². The molecule has 20 heavy (non-hydrogen) atoms. The van der Waals surface area contributed by atoms with Crippen molar-refractivity contribution in [1.29, 1.82) is 0 Å². The Labute approximate surface area is 117 Å². The topological polar surface area (TPSA) is 67.8 Å². The maximum absolute atomic E-state index is 8.67. The first-order valence-electron chi connectivity index (χ1n) is 6.79. The molecule has 1 aliphatic rings. The number of hydrogen-bond donors (Lipinski definition) is 2. The van der Waals surface area contributed by atoms with Gasteiger partial charge in [-0.3, -0.25) is 0 Å². The Hall–Kier alpha value is -2.23. The summed E-state index contributed by atoms with van der Waals surface area (Å²) < 4.78 is 6.00. The molecule has 0 unspecified atom stereocenters. The summed E-state index contributed by atoms with van der Waals surface area (Å²) in [7, 11) is 0. The van der Waals surface area contributed by atoms with Gasteiger partial charge >= 0.3 is 0 Å². The zero-order chi connectivity index (χ0) is 14.0. The van der Waals surface area contributed by atoms with Crippen molar-refractivity contribution >= 4 is 16.6 Å². The van der Waals surface area contributed by atoms with Gasteiger partial charge in [0, 0.05) is 17.2 Å². The first kappa shape index (κ1) is 12.8. The second-order valence-electron chi connectivity index (χ2n) is 5.53. The lowest BCUT2D eigenvalue weighted by Gasteiger charge is -2.16. The van der Waals surface area contributed by atoms with Gasteiger partial charge in [0.1, 0.15) is 11.6 Å². The molecule has 0 radical (unpaired) electrons. The number of benzene rings is 2. The number of oxime groups is 1. The predicted octanol–water partition coefficient (Wildman–Crippen LogP) is 3.14. The molecular formula is C16H18N2O2. The van der Waals surface area contributed by atoms with E-state index in [4.69, 9.17) is 15.7 Å². The van der Waals surface area contributed by atoms with Crippen LogP contribution < -0.4 is 10.5 Å². The van der Waals surface area contributed by atoms with E-state index in [-0.39, 0.29) is 11.3 Å². The van der Waals surface area contributed by atoms with E-state index in [2.05, 4.69) is 23.4 Å². The average Bonchev–Trinajstić information content (AvgIpc) is 3.25. The molecule has 0 heterocycles. The number of fused-ring (bicyclic) bond motifs is 1. The molecule has 104 valence electrons. The highest BCUT2D eigenvalue weighted by atomic mass is 16.5. The van der Waals surface area contributed by atoms with Crippen molar-refractivity contribution in [3.05, 3.63) is 42.5 Å². The second kappa shape index (κ2) is 5.04. The van der Waals surface area contributed by atoms with Crippen LogP contribution in [0.3, 0.4) is 0 Å². The molecule has 4 heteroatoms. The van der Waals surface area contributed by atoms with E-state index in [1.165, 1.54) is 5.39 Å². The van der Waals surface area contributed by atoms with Crippen LogP contribution in [-0.2, 0) is 0 Å². The third kappa shape index (κ3) is 2.54. The Bertz CT molecular complexity index is 642. The molecule has 2 aromatic rings. The molecule has 0 bridgehead atoms. The number of amidine groups is 1. The summed E-state index contributed by atoms with van der Waals surface area (Å²) >= 11 is 0. The first-order valence-corrected chi connectivity index (χ1v) is 6.79. The van der Waals surface area contributed by atoms with Crippen LogP contribution in [0.2, 0.25) is 0 Å². The second-order valence-corrected chi connectivity index (χ2v) is 5.53. The van der Waals surface area contributed by atoms with Gasteiger partial charge < -0.3 is 15.7 Å². The highest BCUT2D eigenvalue weighted by molar-refractivity contribution is 5.88. The van der Waals surface area contributed by atoms with Crippen molar-refractivity contribution in [2.24, 2.45) is 16.3 Å². The minimum Gasteiger partial charge on any atom is -0.492 e. The van der Waals surface area contributed by atoms with Crippen LogP contribution in [0.4, 0.5) is 0 Å². The molecule has 2 aromatic carbocycles. The first-order chi connectivity index (χ1) is 9.72. The number of rotatable bonds is 5. The third-order valence-corrected chi connectivity index (χ3v) is 3.93. The van der Waals surface area contributed by atoms with E-state index in [1.54, 1.807) is 0 Å². The molecule has 0 amide bonds. The van der Waals surface area contributed by atoms with Gasteiger partial charge in [0.05, 0.1) is 6.61 Å². The quantitative estimate of drug-likeness (QED) is 0.379. The van der Waals surface area contributed by atoms with E-state index in [1.807, 2.05) is 24.3 Å². The van der Waals surface area contributed by atoms with Gasteiger partial charge in [-0.2, -0.15) is 0 Å². The highest BCUT2D eigenvalue weighted by Gasteiger charge is 2.44. The number of nitrogens with zero attached hydrogens (tertiary/aromatic N) is 1. The third-order valence-electron chi connectivity index (χ3n) is 3.93. The highest BCUT2D eigenvalue weighted by Crippen LogP contribution is 2.49. The van der Waals surface area contributed by atoms with Crippen molar-refractivity contribution in [2.75, 3.05) is 6.61 Å². The van der Waals surface area contributed by atoms with Crippen molar-refractivity contribution in [1.82, 2.24) is 0 Å². The molecular weight excluding hydrogens is 252 g/mol. The van der Waals surface area contributed by atoms with Gasteiger partial charge in [0.2, 0.25) is 0 Å². The summed E-state index contributed by atoms with van der Waals surface area (Å²) in [5.41, 5.74) is 5.65. The monoisotopic (exact) mass is 270 g/mol. The lowest BCUT2D eigenvalue weighted by molar-refractivity contribution is 0.238. The van der Waals surface area contributed by atoms with E-state index >= 15 is 0 Å². The van der Waals surface area contributed by atoms with Crippen LogP contribution in [0.25, 0.3) is 10.8 Å². The number of nitrogens with two attached hydrogens (primary N) is 1. The minimum absolute atomic E-state index is 0.0489. The van der Waals surface area contributed by atoms with Gasteiger partial charge in [-0.25, -0.2) is 0 Å². The summed E-state index contributed by atoms with van der Waals surface area (Å²) in [6.07, 6.45) is 2.72.